The van der Waals surface area contributed by atoms with Crippen LogP contribution in [0.25, 0.3) is 11.1 Å². The van der Waals surface area contributed by atoms with E-state index in [4.69, 9.17) is 17.3 Å². The third kappa shape index (κ3) is 2.71. The number of nitrogens with two attached hydrogens (primary N) is 1. The Morgan fingerprint density at radius 3 is 2.23 bits per heavy atom. The van der Waals surface area contributed by atoms with E-state index in [9.17, 15) is 13.2 Å². The molecule has 1 aromatic heterocycles. The van der Waals surface area contributed by atoms with Crippen molar-refractivity contribution in [3.8, 4) is 11.1 Å². The highest BCUT2D eigenvalue weighted by atomic mass is 35.5. The van der Waals surface area contributed by atoms with Crippen molar-refractivity contribution in [3.05, 3.63) is 52.8 Å². The second-order valence-electron chi connectivity index (χ2n) is 5.61. The van der Waals surface area contributed by atoms with Crippen LogP contribution in [0.5, 0.6) is 0 Å². The van der Waals surface area contributed by atoms with Crippen LogP contribution in [-0.4, -0.2) is 11.5 Å². The van der Waals surface area contributed by atoms with E-state index >= 15 is 0 Å². The molecule has 0 saturated heterocycles. The minimum absolute atomic E-state index is 0.115. The summed E-state index contributed by atoms with van der Waals surface area (Å²) < 4.78 is 37.7. The monoisotopic (exact) mass is 326 g/mol. The third-order valence-corrected chi connectivity index (χ3v) is 4.42. The molecule has 0 atom stereocenters. The lowest BCUT2D eigenvalue weighted by Crippen LogP contribution is -2.21. The summed E-state index contributed by atoms with van der Waals surface area (Å²) >= 11 is 6.29. The summed E-state index contributed by atoms with van der Waals surface area (Å²) in [5, 5.41) is 0.514. The summed E-state index contributed by atoms with van der Waals surface area (Å²) in [5.41, 5.74) is 7.10. The quantitative estimate of drug-likeness (QED) is 0.907. The third-order valence-electron chi connectivity index (χ3n) is 4.13. The molecule has 1 aromatic carbocycles. The number of aromatic nitrogens is 1. The van der Waals surface area contributed by atoms with Gasteiger partial charge in [-0.15, -0.1) is 0 Å². The normalized spacial score (nSPS) is 16.6. The molecule has 3 rings (SSSR count). The number of alkyl halides is 3. The molecule has 0 spiro atoms. The first kappa shape index (κ1) is 15.3. The molecule has 1 fully saturated rings. The SMILES string of the molecule is NCC1(c2ncc(-c3ccc(C(F)(F)F)cc3)cc2Cl)CC1. The van der Waals surface area contributed by atoms with Crippen LogP contribution in [0.3, 0.4) is 0 Å². The molecule has 1 heterocycles. The number of benzene rings is 1. The van der Waals surface area contributed by atoms with E-state index in [1.54, 1.807) is 12.3 Å². The van der Waals surface area contributed by atoms with E-state index in [2.05, 4.69) is 4.98 Å². The van der Waals surface area contributed by atoms with Crippen molar-refractivity contribution in [2.75, 3.05) is 6.54 Å². The van der Waals surface area contributed by atoms with E-state index in [1.165, 1.54) is 12.1 Å². The molecule has 2 aromatic rings. The number of halogens is 4. The van der Waals surface area contributed by atoms with Crippen LogP contribution < -0.4 is 5.73 Å². The van der Waals surface area contributed by atoms with Gasteiger partial charge in [-0.25, -0.2) is 0 Å². The smallest absolute Gasteiger partial charge is 0.330 e. The zero-order chi connectivity index (χ0) is 16.0. The molecule has 1 aliphatic carbocycles. The Morgan fingerprint density at radius 2 is 1.77 bits per heavy atom. The van der Waals surface area contributed by atoms with Crippen LogP contribution >= 0.6 is 11.6 Å². The van der Waals surface area contributed by atoms with Crippen LogP contribution in [0.4, 0.5) is 13.2 Å². The van der Waals surface area contributed by atoms with Crippen molar-refractivity contribution in [1.29, 1.82) is 0 Å². The molecule has 0 amide bonds. The molecule has 2 nitrogen and oxygen atoms in total. The highest BCUT2D eigenvalue weighted by Crippen LogP contribution is 2.49. The Balaban J connectivity index is 1.91. The average molecular weight is 327 g/mol. The van der Waals surface area contributed by atoms with Crippen molar-refractivity contribution in [2.45, 2.75) is 24.4 Å². The number of rotatable bonds is 3. The van der Waals surface area contributed by atoms with Gasteiger partial charge in [0.1, 0.15) is 0 Å². The standard InChI is InChI=1S/C16H14ClF3N2/c17-13-7-11(8-22-14(13)15(9-21)5-6-15)10-1-3-12(4-2-10)16(18,19)20/h1-4,7-8H,5-6,9,21H2. The van der Waals surface area contributed by atoms with Crippen molar-refractivity contribution in [1.82, 2.24) is 4.98 Å². The van der Waals surface area contributed by atoms with Crippen LogP contribution in [0.2, 0.25) is 5.02 Å². The highest BCUT2D eigenvalue weighted by molar-refractivity contribution is 6.31. The van der Waals surface area contributed by atoms with Crippen molar-refractivity contribution in [3.63, 3.8) is 0 Å². The molecular formula is C16H14ClF3N2. The fourth-order valence-corrected chi connectivity index (χ4v) is 2.89. The second kappa shape index (κ2) is 5.25. The van der Waals surface area contributed by atoms with Gasteiger partial charge < -0.3 is 5.73 Å². The van der Waals surface area contributed by atoms with Crippen molar-refractivity contribution < 1.29 is 13.2 Å². The predicted octanol–water partition coefficient (Wildman–Crippen LogP) is 4.41. The minimum Gasteiger partial charge on any atom is -0.330 e. The van der Waals surface area contributed by atoms with Gasteiger partial charge in [-0.2, -0.15) is 13.2 Å². The van der Waals surface area contributed by atoms with Crippen LogP contribution in [-0.2, 0) is 11.6 Å². The predicted molar refractivity (Wildman–Crippen MR) is 79.7 cm³/mol. The zero-order valence-electron chi connectivity index (χ0n) is 11.6. The lowest BCUT2D eigenvalue weighted by atomic mass is 9.99. The van der Waals surface area contributed by atoms with Gasteiger partial charge in [-0.05, 0) is 36.6 Å². The zero-order valence-corrected chi connectivity index (χ0v) is 12.4. The van der Waals surface area contributed by atoms with Gasteiger partial charge in [0.2, 0.25) is 0 Å². The molecule has 1 saturated carbocycles. The van der Waals surface area contributed by atoms with Gasteiger partial charge in [0, 0.05) is 23.7 Å². The lowest BCUT2D eigenvalue weighted by molar-refractivity contribution is -0.137. The molecule has 6 heteroatoms. The summed E-state index contributed by atoms with van der Waals surface area (Å²) in [4.78, 5) is 4.40. The maximum absolute atomic E-state index is 12.6. The van der Waals surface area contributed by atoms with Gasteiger partial charge in [-0.1, -0.05) is 23.7 Å². The summed E-state index contributed by atoms with van der Waals surface area (Å²) in [6.07, 6.45) is -0.761. The summed E-state index contributed by atoms with van der Waals surface area (Å²) in [7, 11) is 0. The van der Waals surface area contributed by atoms with Gasteiger partial charge in [-0.3, -0.25) is 4.98 Å². The Hall–Kier alpha value is -1.59. The molecule has 1 aliphatic rings. The highest BCUT2D eigenvalue weighted by Gasteiger charge is 2.45. The Morgan fingerprint density at radius 1 is 1.14 bits per heavy atom. The first-order valence-electron chi connectivity index (χ1n) is 6.89. The largest absolute Gasteiger partial charge is 0.416 e. The first-order chi connectivity index (χ1) is 10.4. The van der Waals surface area contributed by atoms with E-state index in [-0.39, 0.29) is 5.41 Å². The maximum atomic E-state index is 12.6. The first-order valence-corrected chi connectivity index (χ1v) is 7.27. The fraction of sp³-hybridized carbons (Fsp3) is 0.312. The van der Waals surface area contributed by atoms with E-state index < -0.39 is 11.7 Å². The minimum atomic E-state index is -4.34. The molecule has 0 aliphatic heterocycles. The number of nitrogens with zero attached hydrogens (tertiary/aromatic N) is 1. The number of hydrogen-bond donors (Lipinski definition) is 1. The van der Waals surface area contributed by atoms with Crippen LogP contribution in [0.1, 0.15) is 24.1 Å². The fourth-order valence-electron chi connectivity index (χ4n) is 2.53. The van der Waals surface area contributed by atoms with Gasteiger partial charge in [0.15, 0.2) is 0 Å². The maximum Gasteiger partial charge on any atom is 0.416 e. The molecule has 0 radical (unpaired) electrons. The van der Waals surface area contributed by atoms with Crippen LogP contribution in [0, 0.1) is 0 Å². The van der Waals surface area contributed by atoms with Gasteiger partial charge in [0.05, 0.1) is 16.3 Å². The molecule has 0 bridgehead atoms. The molecule has 22 heavy (non-hydrogen) atoms. The summed E-state index contributed by atoms with van der Waals surface area (Å²) in [6.45, 7) is 0.499. The molecule has 0 unspecified atom stereocenters. The average Bonchev–Trinajstić information content (AvgIpc) is 3.27. The molecule has 116 valence electrons. The molecular weight excluding hydrogens is 313 g/mol. The van der Waals surface area contributed by atoms with Gasteiger partial charge in [0.25, 0.3) is 0 Å². The van der Waals surface area contributed by atoms with Crippen molar-refractivity contribution in [2.24, 2.45) is 5.73 Å². The van der Waals surface area contributed by atoms with E-state index in [1.807, 2.05) is 0 Å². The summed E-state index contributed by atoms with van der Waals surface area (Å²) in [5.74, 6) is 0. The molecule has 2 N–H and O–H groups in total. The van der Waals surface area contributed by atoms with Crippen LogP contribution in [0.15, 0.2) is 36.5 Å². The second-order valence-corrected chi connectivity index (χ2v) is 6.02. The van der Waals surface area contributed by atoms with Gasteiger partial charge >= 0.3 is 6.18 Å². The van der Waals surface area contributed by atoms with E-state index in [0.717, 1.165) is 30.7 Å². The Bertz CT molecular complexity index is 692. The topological polar surface area (TPSA) is 38.9 Å². The lowest BCUT2D eigenvalue weighted by Gasteiger charge is -2.14. The number of hydrogen-bond acceptors (Lipinski definition) is 2. The summed E-state index contributed by atoms with van der Waals surface area (Å²) in [6, 6.07) is 6.69. The number of pyridine rings is 1. The Labute approximate surface area is 131 Å². The van der Waals surface area contributed by atoms with Crippen molar-refractivity contribution >= 4 is 11.6 Å². The Kier molecular flexibility index (Phi) is 3.65. The van der Waals surface area contributed by atoms with E-state index in [0.29, 0.717) is 22.7 Å².